The molecule has 0 aliphatic heterocycles. The van der Waals surface area contributed by atoms with E-state index in [4.69, 9.17) is 0 Å². The molecule has 0 aromatic carbocycles. The summed E-state index contributed by atoms with van der Waals surface area (Å²) in [6.45, 7) is 12.1. The Labute approximate surface area is 115 Å². The average Bonchev–Trinajstić information content (AvgIpc) is 2.37. The Morgan fingerprint density at radius 2 is 1.06 bits per heavy atom. The minimum absolute atomic E-state index is 1.12. The van der Waals surface area contributed by atoms with Crippen molar-refractivity contribution >= 4 is 18.4 Å². The monoisotopic (exact) mass is 348 g/mol. The van der Waals surface area contributed by atoms with Gasteiger partial charge in [0.2, 0.25) is 0 Å². The summed E-state index contributed by atoms with van der Waals surface area (Å²) in [7, 11) is 0. The van der Waals surface area contributed by atoms with Crippen molar-refractivity contribution in [1.82, 2.24) is 0 Å². The maximum atomic E-state index is 2.59. The zero-order valence-corrected chi connectivity index (χ0v) is 16.0. The van der Waals surface area contributed by atoms with Crippen LogP contribution in [0.15, 0.2) is 0 Å². The summed E-state index contributed by atoms with van der Waals surface area (Å²) in [6, 6.07) is 0. The molecule has 0 aliphatic rings. The predicted octanol–water partition coefficient (Wildman–Crippen LogP) is 6.64. The molecule has 0 heterocycles. The van der Waals surface area contributed by atoms with Crippen molar-refractivity contribution in [3.63, 3.8) is 0 Å². The van der Waals surface area contributed by atoms with Gasteiger partial charge in [-0.05, 0) is 0 Å². The molecule has 0 N–H and O–H groups in total. The minimum atomic E-state index is -1.79. The molecule has 0 saturated carbocycles. The third-order valence-electron chi connectivity index (χ3n) is 4.74. The van der Waals surface area contributed by atoms with Gasteiger partial charge in [-0.3, -0.25) is 0 Å². The zero-order chi connectivity index (χ0) is 13.1. The van der Waals surface area contributed by atoms with Crippen LogP contribution < -0.4 is 0 Å². The molecular formula is C16H36Sn. The van der Waals surface area contributed by atoms with Crippen LogP contribution in [0.2, 0.25) is 17.2 Å². The number of rotatable bonds is 11. The van der Waals surface area contributed by atoms with Crippen molar-refractivity contribution in [2.24, 2.45) is 0 Å². The van der Waals surface area contributed by atoms with E-state index >= 15 is 0 Å². The molecule has 0 aromatic heterocycles. The van der Waals surface area contributed by atoms with Gasteiger partial charge in [-0.2, -0.15) is 0 Å². The van der Waals surface area contributed by atoms with E-state index in [0.29, 0.717) is 0 Å². The van der Waals surface area contributed by atoms with Gasteiger partial charge in [0.05, 0.1) is 0 Å². The van der Waals surface area contributed by atoms with E-state index in [1.165, 1.54) is 44.9 Å². The van der Waals surface area contributed by atoms with Crippen LogP contribution in [0.4, 0.5) is 0 Å². The van der Waals surface area contributed by atoms with Crippen molar-refractivity contribution in [2.75, 3.05) is 0 Å². The van der Waals surface area contributed by atoms with Gasteiger partial charge in [-0.15, -0.1) is 0 Å². The van der Waals surface area contributed by atoms with Crippen LogP contribution in [-0.2, 0) is 0 Å². The molecule has 1 atom stereocenters. The van der Waals surface area contributed by atoms with E-state index in [9.17, 15) is 0 Å². The summed E-state index contributed by atoms with van der Waals surface area (Å²) in [5, 5.41) is 0. The maximum absolute atomic E-state index is 2.59. The molecule has 0 fully saturated rings. The second-order valence-electron chi connectivity index (χ2n) is 5.98. The van der Waals surface area contributed by atoms with Crippen LogP contribution in [0.3, 0.4) is 0 Å². The van der Waals surface area contributed by atoms with Crippen LogP contribution in [0.5, 0.6) is 0 Å². The summed E-state index contributed by atoms with van der Waals surface area (Å²) in [4.78, 5) is 0. The molecule has 0 amide bonds. The van der Waals surface area contributed by atoms with Gasteiger partial charge in [0.25, 0.3) is 0 Å². The Bertz CT molecular complexity index is 143. The molecule has 104 valence electrons. The van der Waals surface area contributed by atoms with Gasteiger partial charge in [-0.1, -0.05) is 0 Å². The van der Waals surface area contributed by atoms with E-state index in [0.717, 1.165) is 3.93 Å². The molecule has 1 unspecified atom stereocenters. The molecule has 1 heteroatoms. The fourth-order valence-electron chi connectivity index (χ4n) is 3.13. The Hall–Kier alpha value is 0.799. The van der Waals surface area contributed by atoms with Gasteiger partial charge < -0.3 is 0 Å². The fourth-order valence-corrected chi connectivity index (χ4v) is 21.0. The molecular weight excluding hydrogens is 311 g/mol. The standard InChI is InChI=1S/4C4H9.Sn/c4*1-3-4-2;/h3H,4H2,1-2H3;3*1,3-4H2,2H3;. The number of unbranched alkanes of at least 4 members (excludes halogenated alkanes) is 3. The Morgan fingerprint density at radius 1 is 0.706 bits per heavy atom. The molecule has 0 radical (unpaired) electrons. The third kappa shape index (κ3) is 6.50. The molecule has 0 aliphatic carbocycles. The first kappa shape index (κ1) is 17.8. The molecule has 0 aromatic rings. The van der Waals surface area contributed by atoms with Gasteiger partial charge in [0.15, 0.2) is 0 Å². The van der Waals surface area contributed by atoms with E-state index in [-0.39, 0.29) is 0 Å². The summed E-state index contributed by atoms with van der Waals surface area (Å²) in [5.74, 6) is 0. The molecule has 0 rings (SSSR count). The predicted molar refractivity (Wildman–Crippen MR) is 84.6 cm³/mol. The topological polar surface area (TPSA) is 0 Å². The number of hydrogen-bond donors (Lipinski definition) is 0. The fraction of sp³-hybridized carbons (Fsp3) is 1.00. The average molecular weight is 347 g/mol. The SMILES string of the molecule is CCC[CH2][Sn]([CH2]CCC)([CH2]CCC)[CH](C)CC. The number of hydrogen-bond acceptors (Lipinski definition) is 0. The molecule has 0 spiro atoms. The Kier molecular flexibility index (Phi) is 11.2. The van der Waals surface area contributed by atoms with Crippen LogP contribution in [0, 0.1) is 0 Å². The van der Waals surface area contributed by atoms with Crippen LogP contribution in [-0.4, -0.2) is 18.4 Å². The van der Waals surface area contributed by atoms with Crippen molar-refractivity contribution in [3.8, 4) is 0 Å². The zero-order valence-electron chi connectivity index (χ0n) is 13.1. The summed E-state index contributed by atoms with van der Waals surface area (Å²) >= 11 is -1.79. The van der Waals surface area contributed by atoms with E-state index in [1.807, 2.05) is 0 Å². The van der Waals surface area contributed by atoms with Gasteiger partial charge in [0.1, 0.15) is 0 Å². The van der Waals surface area contributed by atoms with Crippen LogP contribution in [0.1, 0.15) is 79.6 Å². The molecule has 0 saturated heterocycles. The summed E-state index contributed by atoms with van der Waals surface area (Å²) in [5.41, 5.74) is 0. The summed E-state index contributed by atoms with van der Waals surface area (Å²) < 4.78 is 6.16. The van der Waals surface area contributed by atoms with Crippen molar-refractivity contribution in [3.05, 3.63) is 0 Å². The Morgan fingerprint density at radius 3 is 1.29 bits per heavy atom. The quantitative estimate of drug-likeness (QED) is 0.368. The van der Waals surface area contributed by atoms with Crippen molar-refractivity contribution < 1.29 is 0 Å². The van der Waals surface area contributed by atoms with Crippen LogP contribution in [0.25, 0.3) is 0 Å². The van der Waals surface area contributed by atoms with Gasteiger partial charge >= 0.3 is 115 Å². The first-order valence-electron chi connectivity index (χ1n) is 8.16. The first-order chi connectivity index (χ1) is 8.16. The van der Waals surface area contributed by atoms with E-state index in [1.54, 1.807) is 13.3 Å². The second-order valence-corrected chi connectivity index (χ2v) is 20.9. The first-order valence-corrected chi connectivity index (χ1v) is 15.9. The Balaban J connectivity index is 4.63. The third-order valence-corrected chi connectivity index (χ3v) is 23.4. The molecule has 0 nitrogen and oxygen atoms in total. The second kappa shape index (κ2) is 10.7. The van der Waals surface area contributed by atoms with Crippen molar-refractivity contribution in [2.45, 2.75) is 96.8 Å². The molecule has 17 heavy (non-hydrogen) atoms. The van der Waals surface area contributed by atoms with E-state index < -0.39 is 18.4 Å². The van der Waals surface area contributed by atoms with Gasteiger partial charge in [-0.25, -0.2) is 0 Å². The van der Waals surface area contributed by atoms with Crippen molar-refractivity contribution in [1.29, 1.82) is 0 Å². The normalized spacial score (nSPS) is 13.9. The van der Waals surface area contributed by atoms with Crippen LogP contribution >= 0.6 is 0 Å². The molecule has 0 bridgehead atoms. The van der Waals surface area contributed by atoms with Gasteiger partial charge in [0, 0.05) is 0 Å². The summed E-state index contributed by atoms with van der Waals surface area (Å²) in [6.07, 6.45) is 10.2. The van der Waals surface area contributed by atoms with E-state index in [2.05, 4.69) is 34.6 Å².